The molecule has 2 nitrogen and oxygen atoms in total. The Labute approximate surface area is 99.1 Å². The number of halogens is 1. The molecule has 0 unspecified atom stereocenters. The molecule has 0 bridgehead atoms. The van der Waals surface area contributed by atoms with Crippen LogP contribution in [0.15, 0.2) is 41.0 Å². The van der Waals surface area contributed by atoms with Crippen LogP contribution in [0, 0.1) is 0 Å². The number of benzene rings is 1. The number of nitrogens with zero attached hydrogens (tertiary/aromatic N) is 2. The van der Waals surface area contributed by atoms with Gasteiger partial charge in [0.2, 0.25) is 0 Å². The van der Waals surface area contributed by atoms with Crippen LogP contribution in [0.2, 0.25) is 0 Å². The summed E-state index contributed by atoms with van der Waals surface area (Å²) in [4.78, 5) is 0. The molecular formula is C12H15BrN2. The Balaban J connectivity index is 0.000000531. The summed E-state index contributed by atoms with van der Waals surface area (Å²) >= 11 is 3.43. The van der Waals surface area contributed by atoms with Crippen LogP contribution < -0.4 is 0 Å². The highest BCUT2D eigenvalue weighted by Gasteiger charge is 2.00. The molecule has 3 heteroatoms. The first-order chi connectivity index (χ1) is 7.25. The van der Waals surface area contributed by atoms with Gasteiger partial charge in [-0.1, -0.05) is 41.9 Å². The highest BCUT2D eigenvalue weighted by atomic mass is 79.9. The maximum atomic E-state index is 4.32. The third kappa shape index (κ3) is 3.20. The van der Waals surface area contributed by atoms with Crippen molar-refractivity contribution in [3.63, 3.8) is 0 Å². The molecule has 2 aromatic rings. The van der Waals surface area contributed by atoms with E-state index in [1.807, 2.05) is 51.4 Å². The van der Waals surface area contributed by atoms with Crippen LogP contribution in [-0.4, -0.2) is 9.78 Å². The van der Waals surface area contributed by atoms with Crippen LogP contribution in [-0.2, 0) is 7.05 Å². The standard InChI is InChI=1S/C10H9BrN2.C2H6/c1-13-6-5-10(12-13)8-3-2-4-9(11)7-8;1-2/h2-7H,1H3;1-2H3. The molecule has 1 aromatic heterocycles. The van der Waals surface area contributed by atoms with E-state index in [4.69, 9.17) is 0 Å². The van der Waals surface area contributed by atoms with Crippen molar-refractivity contribution in [2.75, 3.05) is 0 Å². The van der Waals surface area contributed by atoms with Crippen LogP contribution >= 0.6 is 15.9 Å². The Bertz CT molecular complexity index is 421. The molecule has 0 spiro atoms. The lowest BCUT2D eigenvalue weighted by Crippen LogP contribution is -1.87. The minimum atomic E-state index is 1.00. The summed E-state index contributed by atoms with van der Waals surface area (Å²) in [6.07, 6.45) is 1.94. The van der Waals surface area contributed by atoms with Crippen LogP contribution in [0.4, 0.5) is 0 Å². The predicted molar refractivity (Wildman–Crippen MR) is 67.7 cm³/mol. The number of aromatic nitrogens is 2. The molecule has 2 rings (SSSR count). The molecule has 0 radical (unpaired) electrons. The molecule has 0 saturated carbocycles. The van der Waals surface area contributed by atoms with Gasteiger partial charge in [-0.05, 0) is 18.2 Å². The second kappa shape index (κ2) is 5.71. The Kier molecular flexibility index (Phi) is 4.56. The van der Waals surface area contributed by atoms with E-state index in [-0.39, 0.29) is 0 Å². The molecule has 0 aliphatic carbocycles. The third-order valence-corrected chi connectivity index (χ3v) is 2.33. The minimum Gasteiger partial charge on any atom is -0.275 e. The van der Waals surface area contributed by atoms with Gasteiger partial charge in [0.1, 0.15) is 0 Å². The Morgan fingerprint density at radius 3 is 2.47 bits per heavy atom. The van der Waals surface area contributed by atoms with E-state index >= 15 is 0 Å². The van der Waals surface area contributed by atoms with Crippen LogP contribution in [0.25, 0.3) is 11.3 Å². The first-order valence-electron chi connectivity index (χ1n) is 5.01. The fourth-order valence-corrected chi connectivity index (χ4v) is 1.62. The summed E-state index contributed by atoms with van der Waals surface area (Å²) in [5.74, 6) is 0. The fourth-order valence-electron chi connectivity index (χ4n) is 1.22. The van der Waals surface area contributed by atoms with Gasteiger partial charge in [-0.25, -0.2) is 0 Å². The van der Waals surface area contributed by atoms with Gasteiger partial charge in [0.25, 0.3) is 0 Å². The molecule has 0 atom stereocenters. The van der Waals surface area contributed by atoms with E-state index in [1.54, 1.807) is 4.68 Å². The predicted octanol–water partition coefficient (Wildman–Crippen LogP) is 3.88. The zero-order valence-electron chi connectivity index (χ0n) is 9.24. The number of hydrogen-bond donors (Lipinski definition) is 0. The third-order valence-electron chi connectivity index (χ3n) is 1.83. The van der Waals surface area contributed by atoms with Gasteiger partial charge in [-0.15, -0.1) is 0 Å². The Hall–Kier alpha value is -1.09. The van der Waals surface area contributed by atoms with Crippen molar-refractivity contribution in [2.45, 2.75) is 13.8 Å². The number of aryl methyl sites for hydroxylation is 1. The van der Waals surface area contributed by atoms with Gasteiger partial charge in [0, 0.05) is 23.3 Å². The first kappa shape index (κ1) is 12.0. The topological polar surface area (TPSA) is 17.8 Å². The molecular weight excluding hydrogens is 252 g/mol. The molecule has 0 aliphatic rings. The molecule has 0 saturated heterocycles. The molecule has 1 aromatic carbocycles. The fraction of sp³-hybridized carbons (Fsp3) is 0.250. The maximum absolute atomic E-state index is 4.32. The Morgan fingerprint density at radius 2 is 1.93 bits per heavy atom. The monoisotopic (exact) mass is 266 g/mol. The second-order valence-corrected chi connectivity index (χ2v) is 3.80. The SMILES string of the molecule is CC.Cn1ccc(-c2cccc(Br)c2)n1. The number of rotatable bonds is 1. The van der Waals surface area contributed by atoms with E-state index < -0.39 is 0 Å². The number of hydrogen-bond acceptors (Lipinski definition) is 1. The lowest BCUT2D eigenvalue weighted by Gasteiger charge is -1.96. The molecule has 0 fully saturated rings. The molecule has 80 valence electrons. The minimum absolute atomic E-state index is 1.00. The van der Waals surface area contributed by atoms with Gasteiger partial charge in [0.05, 0.1) is 5.69 Å². The normalized spacial score (nSPS) is 9.33. The van der Waals surface area contributed by atoms with Crippen LogP contribution in [0.1, 0.15) is 13.8 Å². The van der Waals surface area contributed by atoms with E-state index in [0.29, 0.717) is 0 Å². The van der Waals surface area contributed by atoms with Gasteiger partial charge in [0.15, 0.2) is 0 Å². The van der Waals surface area contributed by atoms with Crippen molar-refractivity contribution in [1.82, 2.24) is 9.78 Å². The molecule has 0 amide bonds. The average Bonchev–Trinajstić information content (AvgIpc) is 2.68. The van der Waals surface area contributed by atoms with Gasteiger partial charge in [-0.3, -0.25) is 4.68 Å². The maximum Gasteiger partial charge on any atom is 0.0923 e. The summed E-state index contributed by atoms with van der Waals surface area (Å²) in [6, 6.07) is 10.1. The first-order valence-corrected chi connectivity index (χ1v) is 5.80. The summed E-state index contributed by atoms with van der Waals surface area (Å²) in [5.41, 5.74) is 2.14. The lowest BCUT2D eigenvalue weighted by molar-refractivity contribution is 0.771. The molecule has 15 heavy (non-hydrogen) atoms. The highest BCUT2D eigenvalue weighted by Crippen LogP contribution is 2.20. The summed E-state index contributed by atoms with van der Waals surface area (Å²) < 4.78 is 2.88. The largest absolute Gasteiger partial charge is 0.275 e. The van der Waals surface area contributed by atoms with E-state index in [1.165, 1.54) is 0 Å². The molecule has 1 heterocycles. The van der Waals surface area contributed by atoms with Crippen molar-refractivity contribution in [3.05, 3.63) is 41.0 Å². The highest BCUT2D eigenvalue weighted by molar-refractivity contribution is 9.10. The lowest BCUT2D eigenvalue weighted by atomic mass is 10.2. The van der Waals surface area contributed by atoms with Crippen molar-refractivity contribution >= 4 is 15.9 Å². The quantitative estimate of drug-likeness (QED) is 0.766. The Morgan fingerprint density at radius 1 is 1.20 bits per heavy atom. The van der Waals surface area contributed by atoms with Gasteiger partial charge < -0.3 is 0 Å². The summed E-state index contributed by atoms with van der Waals surface area (Å²) in [7, 11) is 1.92. The molecule has 0 aliphatic heterocycles. The van der Waals surface area contributed by atoms with Crippen molar-refractivity contribution < 1.29 is 0 Å². The van der Waals surface area contributed by atoms with E-state index in [0.717, 1.165) is 15.7 Å². The smallest absolute Gasteiger partial charge is 0.0923 e. The molecule has 0 N–H and O–H groups in total. The van der Waals surface area contributed by atoms with Crippen LogP contribution in [0.5, 0.6) is 0 Å². The van der Waals surface area contributed by atoms with Crippen LogP contribution in [0.3, 0.4) is 0 Å². The van der Waals surface area contributed by atoms with Gasteiger partial charge >= 0.3 is 0 Å². The van der Waals surface area contributed by atoms with E-state index in [9.17, 15) is 0 Å². The van der Waals surface area contributed by atoms with E-state index in [2.05, 4.69) is 27.1 Å². The zero-order chi connectivity index (χ0) is 11.3. The summed E-state index contributed by atoms with van der Waals surface area (Å²) in [5, 5.41) is 4.32. The second-order valence-electron chi connectivity index (χ2n) is 2.88. The van der Waals surface area contributed by atoms with Crippen molar-refractivity contribution in [1.29, 1.82) is 0 Å². The van der Waals surface area contributed by atoms with Crippen molar-refractivity contribution in [2.24, 2.45) is 7.05 Å². The summed E-state index contributed by atoms with van der Waals surface area (Å²) in [6.45, 7) is 4.00. The van der Waals surface area contributed by atoms with Crippen molar-refractivity contribution in [3.8, 4) is 11.3 Å². The average molecular weight is 267 g/mol. The zero-order valence-corrected chi connectivity index (χ0v) is 10.8. The van der Waals surface area contributed by atoms with Gasteiger partial charge in [-0.2, -0.15) is 5.10 Å².